The van der Waals surface area contributed by atoms with Gasteiger partial charge in [0.05, 0.1) is 0 Å². The first-order valence-electron chi connectivity index (χ1n) is 7.37. The Labute approximate surface area is 128 Å². The molecule has 22 heavy (non-hydrogen) atoms. The van der Waals surface area contributed by atoms with Crippen molar-refractivity contribution in [3.05, 3.63) is 48.0 Å². The van der Waals surface area contributed by atoms with Crippen LogP contribution in [0.5, 0.6) is 0 Å². The normalized spacial score (nSPS) is 14.8. The topological polar surface area (TPSA) is 66.9 Å². The predicted molar refractivity (Wildman–Crippen MR) is 81.4 cm³/mol. The molecule has 3 rings (SSSR count). The number of nitrogens with zero attached hydrogens (tertiary/aromatic N) is 2. The largest absolute Gasteiger partial charge is 0.348 e. The molecule has 1 aromatic heterocycles. The second-order valence-corrected chi connectivity index (χ2v) is 5.36. The van der Waals surface area contributed by atoms with E-state index in [9.17, 15) is 9.18 Å². The summed E-state index contributed by atoms with van der Waals surface area (Å²) in [5.41, 5.74) is 0.842. The van der Waals surface area contributed by atoms with Gasteiger partial charge in [0, 0.05) is 17.9 Å². The van der Waals surface area contributed by atoms with Crippen LogP contribution in [0.25, 0.3) is 0 Å². The molecule has 1 aromatic carbocycles. The highest BCUT2D eigenvalue weighted by Crippen LogP contribution is 2.18. The monoisotopic (exact) mass is 300 g/mol. The van der Waals surface area contributed by atoms with Gasteiger partial charge in [0.25, 0.3) is 5.91 Å². The van der Waals surface area contributed by atoms with Crippen molar-refractivity contribution in [2.24, 2.45) is 0 Å². The van der Waals surface area contributed by atoms with Gasteiger partial charge in [-0.1, -0.05) is 18.9 Å². The Morgan fingerprint density at radius 3 is 2.82 bits per heavy atom. The molecule has 0 aliphatic heterocycles. The molecular formula is C16H17FN4O. The molecule has 0 unspecified atom stereocenters. The fourth-order valence-corrected chi connectivity index (χ4v) is 2.57. The molecular weight excluding hydrogens is 283 g/mol. The van der Waals surface area contributed by atoms with Crippen molar-refractivity contribution in [2.45, 2.75) is 31.7 Å². The molecule has 1 aliphatic rings. The van der Waals surface area contributed by atoms with Crippen LogP contribution >= 0.6 is 0 Å². The Balaban J connectivity index is 1.70. The molecule has 0 atom stereocenters. The molecule has 1 saturated carbocycles. The summed E-state index contributed by atoms with van der Waals surface area (Å²) < 4.78 is 13.2. The maximum absolute atomic E-state index is 13.2. The van der Waals surface area contributed by atoms with Crippen molar-refractivity contribution in [3.63, 3.8) is 0 Å². The summed E-state index contributed by atoms with van der Waals surface area (Å²) >= 11 is 0. The van der Waals surface area contributed by atoms with Gasteiger partial charge < -0.3 is 10.6 Å². The van der Waals surface area contributed by atoms with E-state index in [1.54, 1.807) is 18.2 Å². The number of rotatable bonds is 4. The highest BCUT2D eigenvalue weighted by Gasteiger charge is 2.18. The van der Waals surface area contributed by atoms with Gasteiger partial charge in [0.2, 0.25) is 5.95 Å². The van der Waals surface area contributed by atoms with Gasteiger partial charge in [-0.05, 0) is 37.1 Å². The summed E-state index contributed by atoms with van der Waals surface area (Å²) in [6.07, 6.45) is 5.86. The third-order valence-electron chi connectivity index (χ3n) is 3.66. The number of anilines is 2. The molecule has 1 amide bonds. The average Bonchev–Trinajstić information content (AvgIpc) is 3.00. The Hall–Kier alpha value is -2.50. The third-order valence-corrected chi connectivity index (χ3v) is 3.66. The zero-order valence-electron chi connectivity index (χ0n) is 12.1. The van der Waals surface area contributed by atoms with Crippen LogP contribution in [0.4, 0.5) is 16.0 Å². The van der Waals surface area contributed by atoms with Gasteiger partial charge >= 0.3 is 0 Å². The lowest BCUT2D eigenvalue weighted by atomic mass is 10.2. The zero-order chi connectivity index (χ0) is 15.4. The van der Waals surface area contributed by atoms with Gasteiger partial charge in [-0.2, -0.15) is 0 Å². The molecule has 6 heteroatoms. The van der Waals surface area contributed by atoms with Crippen molar-refractivity contribution in [1.82, 2.24) is 15.3 Å². The number of carbonyl (C=O) groups excluding carboxylic acids is 1. The van der Waals surface area contributed by atoms with E-state index >= 15 is 0 Å². The fourth-order valence-electron chi connectivity index (χ4n) is 2.57. The summed E-state index contributed by atoms with van der Waals surface area (Å²) in [5.74, 6) is -0.276. The van der Waals surface area contributed by atoms with E-state index in [4.69, 9.17) is 0 Å². The van der Waals surface area contributed by atoms with E-state index in [-0.39, 0.29) is 23.7 Å². The highest BCUT2D eigenvalue weighted by atomic mass is 19.1. The number of carbonyl (C=O) groups is 1. The SMILES string of the molecule is O=C(NC1CCCC1)c1ccnc(Nc2cccc(F)c2)n1. The van der Waals surface area contributed by atoms with Gasteiger partial charge in [-0.25, -0.2) is 14.4 Å². The molecule has 0 spiro atoms. The van der Waals surface area contributed by atoms with Crippen LogP contribution in [0.15, 0.2) is 36.5 Å². The zero-order valence-corrected chi connectivity index (χ0v) is 12.1. The Morgan fingerprint density at radius 1 is 1.23 bits per heavy atom. The minimum Gasteiger partial charge on any atom is -0.348 e. The molecule has 0 saturated heterocycles. The van der Waals surface area contributed by atoms with E-state index < -0.39 is 0 Å². The van der Waals surface area contributed by atoms with Crippen molar-refractivity contribution in [3.8, 4) is 0 Å². The van der Waals surface area contributed by atoms with E-state index in [1.165, 1.54) is 18.3 Å². The van der Waals surface area contributed by atoms with E-state index in [0.717, 1.165) is 25.7 Å². The van der Waals surface area contributed by atoms with Crippen molar-refractivity contribution >= 4 is 17.5 Å². The Bertz CT molecular complexity index is 671. The van der Waals surface area contributed by atoms with Gasteiger partial charge in [-0.3, -0.25) is 4.79 Å². The van der Waals surface area contributed by atoms with Crippen molar-refractivity contribution in [2.75, 3.05) is 5.32 Å². The van der Waals surface area contributed by atoms with Crippen molar-refractivity contribution < 1.29 is 9.18 Å². The number of nitrogens with one attached hydrogen (secondary N) is 2. The number of aromatic nitrogens is 2. The highest BCUT2D eigenvalue weighted by molar-refractivity contribution is 5.92. The van der Waals surface area contributed by atoms with Crippen LogP contribution in [0.2, 0.25) is 0 Å². The van der Waals surface area contributed by atoms with Gasteiger partial charge in [0.1, 0.15) is 11.5 Å². The molecule has 0 radical (unpaired) electrons. The lowest BCUT2D eigenvalue weighted by Gasteiger charge is -2.12. The van der Waals surface area contributed by atoms with E-state index in [2.05, 4.69) is 20.6 Å². The van der Waals surface area contributed by atoms with Crippen LogP contribution in [-0.2, 0) is 0 Å². The smallest absolute Gasteiger partial charge is 0.270 e. The first kappa shape index (κ1) is 14.4. The lowest BCUT2D eigenvalue weighted by molar-refractivity contribution is 0.0933. The number of hydrogen-bond acceptors (Lipinski definition) is 4. The summed E-state index contributed by atoms with van der Waals surface area (Å²) in [7, 11) is 0. The summed E-state index contributed by atoms with van der Waals surface area (Å²) in [5, 5.41) is 5.87. The van der Waals surface area contributed by atoms with Gasteiger partial charge in [0.15, 0.2) is 0 Å². The summed E-state index contributed by atoms with van der Waals surface area (Å²) in [4.78, 5) is 20.4. The first-order valence-corrected chi connectivity index (χ1v) is 7.37. The lowest BCUT2D eigenvalue weighted by Crippen LogP contribution is -2.33. The molecule has 2 aromatic rings. The van der Waals surface area contributed by atoms with E-state index in [1.807, 2.05) is 0 Å². The number of hydrogen-bond donors (Lipinski definition) is 2. The third kappa shape index (κ3) is 3.58. The fraction of sp³-hybridized carbons (Fsp3) is 0.312. The molecule has 0 bridgehead atoms. The minimum absolute atomic E-state index is 0.198. The molecule has 2 N–H and O–H groups in total. The van der Waals surface area contributed by atoms with Crippen molar-refractivity contribution in [1.29, 1.82) is 0 Å². The number of amides is 1. The Kier molecular flexibility index (Phi) is 4.27. The predicted octanol–water partition coefficient (Wildman–Crippen LogP) is 3.03. The van der Waals surface area contributed by atoms with Crippen LogP contribution in [0.3, 0.4) is 0 Å². The molecule has 5 nitrogen and oxygen atoms in total. The average molecular weight is 300 g/mol. The standard InChI is InChI=1S/C16H17FN4O/c17-11-4-3-7-13(10-11)20-16-18-9-8-14(21-16)15(22)19-12-5-1-2-6-12/h3-4,7-10,12H,1-2,5-6H2,(H,19,22)(H,18,20,21). The molecule has 114 valence electrons. The van der Waals surface area contributed by atoms with Crippen LogP contribution < -0.4 is 10.6 Å². The first-order chi connectivity index (χ1) is 10.7. The second kappa shape index (κ2) is 6.51. The molecule has 1 heterocycles. The maximum atomic E-state index is 13.2. The minimum atomic E-state index is -0.347. The molecule has 1 aliphatic carbocycles. The maximum Gasteiger partial charge on any atom is 0.270 e. The second-order valence-electron chi connectivity index (χ2n) is 5.36. The van der Waals surface area contributed by atoms with Crippen LogP contribution in [-0.4, -0.2) is 21.9 Å². The molecule has 1 fully saturated rings. The summed E-state index contributed by atoms with van der Waals surface area (Å²) in [6, 6.07) is 7.81. The number of halogens is 1. The van der Waals surface area contributed by atoms with E-state index in [0.29, 0.717) is 11.4 Å². The van der Waals surface area contributed by atoms with Gasteiger partial charge in [-0.15, -0.1) is 0 Å². The Morgan fingerprint density at radius 2 is 2.05 bits per heavy atom. The number of benzene rings is 1. The summed E-state index contributed by atoms with van der Waals surface area (Å²) in [6.45, 7) is 0. The van der Waals surface area contributed by atoms with Crippen LogP contribution in [0, 0.1) is 5.82 Å². The van der Waals surface area contributed by atoms with Crippen LogP contribution in [0.1, 0.15) is 36.2 Å². The quantitative estimate of drug-likeness (QED) is 0.911.